The number of thiazole rings is 1. The summed E-state index contributed by atoms with van der Waals surface area (Å²) in [5.74, 6) is 1.46. The van der Waals surface area contributed by atoms with Crippen molar-refractivity contribution >= 4 is 40.4 Å². The first kappa shape index (κ1) is 57.7. The molecule has 0 bridgehead atoms. The van der Waals surface area contributed by atoms with Crippen LogP contribution in [0.5, 0.6) is 5.75 Å². The van der Waals surface area contributed by atoms with Gasteiger partial charge in [-0.2, -0.15) is 9.61 Å². The average molecular weight is 1090 g/mol. The van der Waals surface area contributed by atoms with Crippen LogP contribution in [0.1, 0.15) is 150 Å². The van der Waals surface area contributed by atoms with E-state index in [1.165, 1.54) is 16.9 Å². The highest BCUT2D eigenvalue weighted by atomic mass is 32.1. The lowest BCUT2D eigenvalue weighted by molar-refractivity contribution is -0.139. The van der Waals surface area contributed by atoms with Crippen LogP contribution >= 0.6 is 11.3 Å². The van der Waals surface area contributed by atoms with Crippen molar-refractivity contribution < 1.29 is 24.2 Å². The summed E-state index contributed by atoms with van der Waals surface area (Å²) < 4.78 is 8.32. The Hall–Kier alpha value is -6.00. The maximum absolute atomic E-state index is 14.3. The number of nitrogens with one attached hydrogen (secondary N) is 2. The van der Waals surface area contributed by atoms with Crippen molar-refractivity contribution in [1.82, 2.24) is 40.0 Å². The Morgan fingerprint density at radius 2 is 1.54 bits per heavy atom. The minimum Gasteiger partial charge on any atom is -0.494 e. The highest BCUT2D eigenvalue weighted by Gasteiger charge is 2.40. The first-order valence-electron chi connectivity index (χ1n) is 29.2. The molecule has 3 aliphatic rings. The number of aliphatic hydroxyl groups excluding tert-OH is 1. The number of piperazine rings is 1. The molecule has 2 amide bonds. The fourth-order valence-corrected chi connectivity index (χ4v) is 12.9. The van der Waals surface area contributed by atoms with Gasteiger partial charge in [-0.05, 0) is 131 Å². The third-order valence-corrected chi connectivity index (χ3v) is 18.1. The number of ether oxygens (including phenoxy) is 1. The van der Waals surface area contributed by atoms with Gasteiger partial charge in [0, 0.05) is 67.4 Å². The van der Waals surface area contributed by atoms with Crippen LogP contribution in [0.2, 0.25) is 0 Å². The van der Waals surface area contributed by atoms with Crippen LogP contribution in [-0.4, -0.2) is 124 Å². The van der Waals surface area contributed by atoms with Crippen LogP contribution in [0.3, 0.4) is 0 Å². The summed E-state index contributed by atoms with van der Waals surface area (Å²) in [5, 5.41) is 23.4. The number of aryl methyl sites for hydroxylation is 2. The number of hydrogen-bond donors (Lipinski definition) is 3. The largest absolute Gasteiger partial charge is 0.494 e. The summed E-state index contributed by atoms with van der Waals surface area (Å²) in [6.07, 6.45) is 12.9. The molecule has 3 N–H and O–H groups in total. The van der Waals surface area contributed by atoms with Crippen LogP contribution < -0.4 is 20.3 Å². The van der Waals surface area contributed by atoms with E-state index in [1.807, 2.05) is 52.1 Å². The number of aliphatic hydroxyl groups is 1. The van der Waals surface area contributed by atoms with Gasteiger partial charge in [-0.25, -0.2) is 9.97 Å². The third kappa shape index (κ3) is 14.3. The van der Waals surface area contributed by atoms with Gasteiger partial charge in [0.1, 0.15) is 28.3 Å². The highest BCUT2D eigenvalue weighted by molar-refractivity contribution is 7.10. The van der Waals surface area contributed by atoms with Gasteiger partial charge in [-0.3, -0.25) is 19.3 Å². The molecule has 3 fully saturated rings. The summed E-state index contributed by atoms with van der Waals surface area (Å²) in [4.78, 5) is 58.1. The van der Waals surface area contributed by atoms with E-state index < -0.39 is 12.1 Å². The molecule has 9 rings (SSSR count). The Kier molecular flexibility index (Phi) is 19.0. The van der Waals surface area contributed by atoms with Crippen molar-refractivity contribution in [2.24, 2.45) is 16.7 Å². The third-order valence-electron chi connectivity index (χ3n) is 17.2. The molecule has 0 unspecified atom stereocenters. The lowest BCUT2D eigenvalue weighted by atomic mass is 9.74. The predicted octanol–water partition coefficient (Wildman–Crippen LogP) is 11.1. The number of benzene rings is 3. The zero-order valence-corrected chi connectivity index (χ0v) is 48.8. The molecular formula is C64H85N9O5S. The Morgan fingerprint density at radius 3 is 2.29 bits per heavy atom. The summed E-state index contributed by atoms with van der Waals surface area (Å²) in [6.45, 7) is 18.9. The number of nitrogens with zero attached hydrogens (tertiary/aromatic N) is 7. The van der Waals surface area contributed by atoms with Crippen molar-refractivity contribution in [3.63, 3.8) is 0 Å². The molecule has 0 spiro atoms. The number of anilines is 1. The van der Waals surface area contributed by atoms with E-state index >= 15 is 0 Å². The fourth-order valence-electron chi connectivity index (χ4n) is 11.9. The first-order valence-corrected chi connectivity index (χ1v) is 30.1. The monoisotopic (exact) mass is 1090 g/mol. The highest BCUT2D eigenvalue weighted by Crippen LogP contribution is 2.40. The van der Waals surface area contributed by atoms with Crippen LogP contribution in [0.4, 0.5) is 5.82 Å². The van der Waals surface area contributed by atoms with Gasteiger partial charge in [-0.15, -0.1) is 11.3 Å². The average Bonchev–Trinajstić information content (AvgIpc) is 4.47. The van der Waals surface area contributed by atoms with Gasteiger partial charge in [0.25, 0.3) is 0 Å². The summed E-state index contributed by atoms with van der Waals surface area (Å²) in [6, 6.07) is 27.8. The van der Waals surface area contributed by atoms with Gasteiger partial charge in [0.2, 0.25) is 17.6 Å². The van der Waals surface area contributed by atoms with Crippen molar-refractivity contribution in [3.8, 4) is 28.1 Å². The molecule has 3 atom stereocenters. The maximum Gasteiger partial charge on any atom is 0.246 e. The smallest absolute Gasteiger partial charge is 0.246 e. The van der Waals surface area contributed by atoms with Crippen LogP contribution in [0.25, 0.3) is 28.0 Å². The number of carbonyl (C=O) groups excluding carboxylic acids is 3. The zero-order valence-electron chi connectivity index (χ0n) is 47.9. The predicted molar refractivity (Wildman–Crippen MR) is 317 cm³/mol. The Labute approximate surface area is 472 Å². The molecule has 3 aromatic carbocycles. The molecule has 14 nitrogen and oxygen atoms in total. The van der Waals surface area contributed by atoms with Crippen LogP contribution in [-0.2, 0) is 16.0 Å². The molecule has 2 saturated heterocycles. The number of fused-ring (bicyclic) bond motifs is 1. The molecule has 422 valence electrons. The minimum atomic E-state index is -0.569. The van der Waals surface area contributed by atoms with Crippen molar-refractivity contribution in [1.29, 1.82) is 0 Å². The number of aromatic nitrogens is 4. The molecule has 2 aliphatic heterocycles. The Balaban J connectivity index is 0.768. The fraction of sp³-hybridized carbons (Fsp3) is 0.531. The lowest BCUT2D eigenvalue weighted by Gasteiger charge is -2.35. The number of ketones is 1. The Bertz CT molecular complexity index is 3010. The van der Waals surface area contributed by atoms with E-state index in [-0.39, 0.29) is 47.0 Å². The normalized spacial score (nSPS) is 17.5. The van der Waals surface area contributed by atoms with E-state index in [1.54, 1.807) is 7.05 Å². The van der Waals surface area contributed by atoms with Crippen molar-refractivity contribution in [2.75, 3.05) is 64.4 Å². The quantitative estimate of drug-likeness (QED) is 0.0391. The second-order valence-electron chi connectivity index (χ2n) is 24.1. The standard InChI is InChI=1S/C64H85N9O5S/c1-44-56(47-19-10-8-11-20-47)59-66-52(42-55(73(59)69-44)71-35-33-70(34-36-71)37-38-74)49-23-14-18-46(40-49)27-29-64(5,6)31-30-63(3,4)28-17-39-78-51-25-15-24-50(41-51)58(75)53-43-79-61(67-53)54-26-16-32-72(54)62(77)57(48-21-12-9-13-22-48)68-60(76)45(2)65-7/h8,10-11,14-15,18-20,23-25,40-43,45,48,54,57,65,74H,9,12-13,16-17,21-22,26-39H2,1-7H3,(H,68,76)/t45-,54-,57-/m0/s1. The van der Waals surface area contributed by atoms with E-state index in [9.17, 15) is 19.5 Å². The maximum atomic E-state index is 14.3. The van der Waals surface area contributed by atoms with Gasteiger partial charge >= 0.3 is 0 Å². The molecule has 1 saturated carbocycles. The molecule has 6 aromatic rings. The Morgan fingerprint density at radius 1 is 0.810 bits per heavy atom. The van der Waals surface area contributed by atoms with Gasteiger partial charge in [-0.1, -0.05) is 108 Å². The molecule has 0 radical (unpaired) electrons. The van der Waals surface area contributed by atoms with Gasteiger partial charge in [0.15, 0.2) is 5.65 Å². The number of β-amino-alcohol motifs (C(OH)–C–C–N with tert-alkyl or cyclic N) is 1. The molecule has 1 aliphatic carbocycles. The molecule has 79 heavy (non-hydrogen) atoms. The summed E-state index contributed by atoms with van der Waals surface area (Å²) >= 11 is 1.43. The van der Waals surface area contributed by atoms with E-state index in [4.69, 9.17) is 19.8 Å². The van der Waals surface area contributed by atoms with E-state index in [0.29, 0.717) is 36.7 Å². The number of rotatable bonds is 24. The van der Waals surface area contributed by atoms with Crippen molar-refractivity contribution in [3.05, 3.63) is 118 Å². The molecule has 5 heterocycles. The van der Waals surface area contributed by atoms with E-state index in [2.05, 4.69) is 110 Å². The number of hydrogen-bond acceptors (Lipinski definition) is 12. The molecule has 15 heteroatoms. The SMILES string of the molecule is CN[C@@H](C)C(=O)N[C@H](C(=O)N1CCC[C@H]1c1nc(C(=O)c2cccc(OCCCC(C)(C)CCC(C)(C)CCc3cccc(-c4cc(N5CCN(CCO)CC5)n5nc(C)c(-c6ccccc6)c5n4)c3)c2)cs1)C1CCCCC1. The zero-order chi connectivity index (χ0) is 55.7. The second kappa shape index (κ2) is 26.1. The topological polar surface area (TPSA) is 158 Å². The molecular weight excluding hydrogens is 1010 g/mol. The van der Waals surface area contributed by atoms with Gasteiger partial charge < -0.3 is 30.3 Å². The van der Waals surface area contributed by atoms with Crippen LogP contribution in [0, 0.1) is 23.7 Å². The first-order chi connectivity index (χ1) is 38.1. The second-order valence-corrected chi connectivity index (χ2v) is 25.0. The van der Waals surface area contributed by atoms with Crippen LogP contribution in [0.15, 0.2) is 90.3 Å². The number of carbonyl (C=O) groups is 3. The number of amides is 2. The van der Waals surface area contributed by atoms with E-state index in [0.717, 1.165) is 154 Å². The van der Waals surface area contributed by atoms with Gasteiger partial charge in [0.05, 0.1) is 36.7 Å². The minimum absolute atomic E-state index is 0.0379. The summed E-state index contributed by atoms with van der Waals surface area (Å²) in [5.41, 5.74) is 8.53. The molecule has 3 aromatic heterocycles. The lowest BCUT2D eigenvalue weighted by Crippen LogP contribution is -2.55. The number of likely N-dealkylation sites (N-methyl/N-ethyl adjacent to an activating group) is 1. The number of likely N-dealkylation sites (tertiary alicyclic amines) is 1. The summed E-state index contributed by atoms with van der Waals surface area (Å²) in [7, 11) is 1.75. The van der Waals surface area contributed by atoms with Crippen molar-refractivity contribution in [2.45, 2.75) is 143 Å².